The molecule has 0 atom stereocenters. The number of nitrogens with one attached hydrogen (secondary N) is 1. The number of alkyl halides is 3. The van der Waals surface area contributed by atoms with Gasteiger partial charge in [-0.1, -0.05) is 6.07 Å². The average Bonchev–Trinajstić information content (AvgIpc) is 3.37. The Morgan fingerprint density at radius 1 is 1.25 bits per heavy atom. The Hall–Kier alpha value is -2.68. The van der Waals surface area contributed by atoms with E-state index in [1.54, 1.807) is 0 Å². The van der Waals surface area contributed by atoms with Crippen molar-refractivity contribution in [1.29, 1.82) is 0 Å². The summed E-state index contributed by atoms with van der Waals surface area (Å²) < 4.78 is 41.0. The van der Waals surface area contributed by atoms with Gasteiger partial charge >= 0.3 is 6.36 Å². The number of nitrogens with zero attached hydrogens (tertiary/aromatic N) is 2. The van der Waals surface area contributed by atoms with Crippen molar-refractivity contribution in [2.75, 3.05) is 5.32 Å². The largest absolute Gasteiger partial charge is 0.573 e. The Kier molecular flexibility index (Phi) is 4.49. The molecule has 0 radical (unpaired) electrons. The van der Waals surface area contributed by atoms with Crippen LogP contribution in [0.3, 0.4) is 0 Å². The fourth-order valence-electron chi connectivity index (χ4n) is 3.06. The summed E-state index contributed by atoms with van der Waals surface area (Å²) in [5.74, 6) is 0.417. The molecular formula is C19H16F3N3O2S. The SMILES string of the molecule is Cc1nc(C2CC2)nc2sc(C(=O)Nc3cccc(OC(F)(F)F)c3)c(C)c12. The second-order valence-electron chi connectivity index (χ2n) is 6.71. The molecule has 0 unspecified atom stereocenters. The second kappa shape index (κ2) is 6.73. The van der Waals surface area contributed by atoms with E-state index in [2.05, 4.69) is 20.0 Å². The highest BCUT2D eigenvalue weighted by atomic mass is 32.1. The van der Waals surface area contributed by atoms with Crippen molar-refractivity contribution in [2.45, 2.75) is 39.0 Å². The van der Waals surface area contributed by atoms with Crippen LogP contribution in [0.4, 0.5) is 18.9 Å². The molecule has 1 aromatic carbocycles. The standard InChI is InChI=1S/C19H16F3N3O2S/c1-9-14-10(2)23-16(11-6-7-11)25-18(14)28-15(9)17(26)24-12-4-3-5-13(8-12)27-19(20,21)22/h3-5,8,11H,6-7H2,1-2H3,(H,24,26). The quantitative estimate of drug-likeness (QED) is 0.634. The average molecular weight is 407 g/mol. The van der Waals surface area contributed by atoms with Crippen molar-refractivity contribution in [1.82, 2.24) is 9.97 Å². The first-order valence-corrected chi connectivity index (χ1v) is 9.48. The molecular weight excluding hydrogens is 391 g/mol. The van der Waals surface area contributed by atoms with Crippen molar-refractivity contribution in [2.24, 2.45) is 0 Å². The van der Waals surface area contributed by atoms with Gasteiger partial charge in [-0.2, -0.15) is 0 Å². The molecule has 2 aromatic heterocycles. The minimum Gasteiger partial charge on any atom is -0.406 e. The smallest absolute Gasteiger partial charge is 0.406 e. The lowest BCUT2D eigenvalue weighted by Crippen LogP contribution is -2.17. The number of aromatic nitrogens is 2. The third kappa shape index (κ3) is 3.80. The number of amides is 1. The van der Waals surface area contributed by atoms with Gasteiger partial charge in [-0.15, -0.1) is 24.5 Å². The summed E-state index contributed by atoms with van der Waals surface area (Å²) in [6.07, 6.45) is -2.63. The van der Waals surface area contributed by atoms with Gasteiger partial charge in [-0.3, -0.25) is 4.79 Å². The van der Waals surface area contributed by atoms with Gasteiger partial charge in [0.05, 0.1) is 10.6 Å². The lowest BCUT2D eigenvalue weighted by molar-refractivity contribution is -0.274. The monoisotopic (exact) mass is 407 g/mol. The Labute approximate surface area is 162 Å². The number of rotatable bonds is 4. The van der Waals surface area contributed by atoms with E-state index in [0.29, 0.717) is 10.8 Å². The minimum absolute atomic E-state index is 0.213. The predicted octanol–water partition coefficient (Wildman–Crippen LogP) is 5.34. The molecule has 0 bridgehead atoms. The van der Waals surface area contributed by atoms with Crippen molar-refractivity contribution in [3.63, 3.8) is 0 Å². The van der Waals surface area contributed by atoms with Gasteiger partial charge in [0.1, 0.15) is 16.4 Å². The molecule has 9 heteroatoms. The van der Waals surface area contributed by atoms with Crippen molar-refractivity contribution in [3.05, 3.63) is 46.2 Å². The van der Waals surface area contributed by atoms with E-state index in [4.69, 9.17) is 0 Å². The molecule has 1 fully saturated rings. The summed E-state index contributed by atoms with van der Waals surface area (Å²) in [5, 5.41) is 3.49. The van der Waals surface area contributed by atoms with E-state index >= 15 is 0 Å². The van der Waals surface area contributed by atoms with Crippen LogP contribution >= 0.6 is 11.3 Å². The molecule has 1 amide bonds. The topological polar surface area (TPSA) is 64.1 Å². The van der Waals surface area contributed by atoms with Crippen LogP contribution in [0.2, 0.25) is 0 Å². The molecule has 0 spiro atoms. The maximum atomic E-state index is 12.7. The van der Waals surface area contributed by atoms with Gasteiger partial charge in [-0.25, -0.2) is 9.97 Å². The summed E-state index contributed by atoms with van der Waals surface area (Å²) in [7, 11) is 0. The number of anilines is 1. The van der Waals surface area contributed by atoms with Crippen LogP contribution in [-0.2, 0) is 0 Å². The van der Waals surface area contributed by atoms with E-state index in [9.17, 15) is 18.0 Å². The molecule has 2 heterocycles. The minimum atomic E-state index is -4.79. The van der Waals surface area contributed by atoms with E-state index in [1.165, 1.54) is 29.5 Å². The second-order valence-corrected chi connectivity index (χ2v) is 7.71. The molecule has 0 saturated heterocycles. The molecule has 146 valence electrons. The first-order chi connectivity index (χ1) is 13.2. The summed E-state index contributed by atoms with van der Waals surface area (Å²) in [6, 6.07) is 5.18. The van der Waals surface area contributed by atoms with Crippen molar-refractivity contribution >= 4 is 33.1 Å². The number of hydrogen-bond acceptors (Lipinski definition) is 5. The van der Waals surface area contributed by atoms with Gasteiger partial charge in [0, 0.05) is 23.1 Å². The van der Waals surface area contributed by atoms with E-state index in [1.807, 2.05) is 13.8 Å². The molecule has 4 rings (SSSR count). The Bertz CT molecular complexity index is 1070. The summed E-state index contributed by atoms with van der Waals surface area (Å²) in [4.78, 5) is 23.1. The van der Waals surface area contributed by atoms with E-state index in [0.717, 1.165) is 46.2 Å². The molecule has 1 N–H and O–H groups in total. The number of thiophene rings is 1. The number of carbonyl (C=O) groups excluding carboxylic acids is 1. The number of fused-ring (bicyclic) bond motifs is 1. The normalized spacial score (nSPS) is 14.3. The van der Waals surface area contributed by atoms with Gasteiger partial charge in [0.25, 0.3) is 5.91 Å². The molecule has 1 aliphatic rings. The van der Waals surface area contributed by atoms with Gasteiger partial charge in [0.15, 0.2) is 0 Å². The predicted molar refractivity (Wildman–Crippen MR) is 99.9 cm³/mol. The highest BCUT2D eigenvalue weighted by Gasteiger charge is 2.31. The molecule has 5 nitrogen and oxygen atoms in total. The summed E-state index contributed by atoms with van der Waals surface area (Å²) in [6.45, 7) is 3.72. The number of benzene rings is 1. The zero-order valence-corrected chi connectivity index (χ0v) is 15.9. The van der Waals surface area contributed by atoms with Crippen molar-refractivity contribution in [3.8, 4) is 5.75 Å². The molecule has 0 aliphatic heterocycles. The molecule has 28 heavy (non-hydrogen) atoms. The Morgan fingerprint density at radius 3 is 2.68 bits per heavy atom. The first-order valence-electron chi connectivity index (χ1n) is 8.66. The van der Waals surface area contributed by atoms with Crippen LogP contribution in [-0.4, -0.2) is 22.2 Å². The van der Waals surface area contributed by atoms with Crippen LogP contribution < -0.4 is 10.1 Å². The number of halogens is 3. The van der Waals surface area contributed by atoms with Gasteiger partial charge in [0.2, 0.25) is 0 Å². The zero-order chi connectivity index (χ0) is 20.1. The Balaban J connectivity index is 1.62. The molecule has 1 aliphatic carbocycles. The zero-order valence-electron chi connectivity index (χ0n) is 15.1. The van der Waals surface area contributed by atoms with Crippen LogP contribution in [0.25, 0.3) is 10.2 Å². The number of hydrogen-bond donors (Lipinski definition) is 1. The third-order valence-electron chi connectivity index (χ3n) is 4.46. The fourth-order valence-corrected chi connectivity index (χ4v) is 4.19. The molecule has 1 saturated carbocycles. The Morgan fingerprint density at radius 2 is 2.00 bits per heavy atom. The van der Waals surface area contributed by atoms with Crippen LogP contribution in [0.1, 0.15) is 45.5 Å². The number of aryl methyl sites for hydroxylation is 2. The lowest BCUT2D eigenvalue weighted by Gasteiger charge is -2.10. The van der Waals surface area contributed by atoms with Crippen LogP contribution in [0, 0.1) is 13.8 Å². The highest BCUT2D eigenvalue weighted by Crippen LogP contribution is 2.40. The third-order valence-corrected chi connectivity index (χ3v) is 5.65. The first kappa shape index (κ1) is 18.7. The van der Waals surface area contributed by atoms with E-state index in [-0.39, 0.29) is 5.69 Å². The summed E-state index contributed by atoms with van der Waals surface area (Å²) >= 11 is 1.26. The van der Waals surface area contributed by atoms with Gasteiger partial charge in [-0.05, 0) is 44.4 Å². The van der Waals surface area contributed by atoms with Crippen molar-refractivity contribution < 1.29 is 22.7 Å². The number of carbonyl (C=O) groups is 1. The summed E-state index contributed by atoms with van der Waals surface area (Å²) in [5.41, 5.74) is 1.81. The highest BCUT2D eigenvalue weighted by molar-refractivity contribution is 7.20. The van der Waals surface area contributed by atoms with Crippen LogP contribution in [0.15, 0.2) is 24.3 Å². The van der Waals surface area contributed by atoms with E-state index < -0.39 is 18.0 Å². The number of ether oxygens (including phenoxy) is 1. The maximum Gasteiger partial charge on any atom is 0.573 e. The molecule has 3 aromatic rings. The van der Waals surface area contributed by atoms with Crippen LogP contribution in [0.5, 0.6) is 5.75 Å². The van der Waals surface area contributed by atoms with Gasteiger partial charge < -0.3 is 10.1 Å². The maximum absolute atomic E-state index is 12.7. The lowest BCUT2D eigenvalue weighted by atomic mass is 10.1. The fraction of sp³-hybridized carbons (Fsp3) is 0.316.